The van der Waals surface area contributed by atoms with E-state index in [9.17, 15) is 14.3 Å². The van der Waals surface area contributed by atoms with Gasteiger partial charge in [0.1, 0.15) is 11.9 Å². The first-order chi connectivity index (χ1) is 17.9. The van der Waals surface area contributed by atoms with Gasteiger partial charge in [0.15, 0.2) is 0 Å². The molecular formula is C32H32FNO3. The third-order valence-corrected chi connectivity index (χ3v) is 7.00. The molecule has 0 unspecified atom stereocenters. The summed E-state index contributed by atoms with van der Waals surface area (Å²) in [5, 5.41) is 10.2. The molecule has 2 heterocycles. The Morgan fingerprint density at radius 2 is 1.49 bits per heavy atom. The first-order valence-electron chi connectivity index (χ1n) is 12.9. The number of aliphatic hydroxyl groups is 1. The van der Waals surface area contributed by atoms with Crippen molar-refractivity contribution in [1.29, 1.82) is 0 Å². The predicted molar refractivity (Wildman–Crippen MR) is 145 cm³/mol. The smallest absolute Gasteiger partial charge is 0.308 e. The largest absolute Gasteiger partial charge is 0.462 e. The number of cyclic esters (lactones) is 1. The Morgan fingerprint density at radius 1 is 0.892 bits per heavy atom. The molecule has 0 saturated carbocycles. The molecule has 37 heavy (non-hydrogen) atoms. The third-order valence-electron chi connectivity index (χ3n) is 7.00. The Bertz CT molecular complexity index is 1360. The summed E-state index contributed by atoms with van der Waals surface area (Å²) in [6.45, 7) is 4.97. The number of aromatic nitrogens is 1. The van der Waals surface area contributed by atoms with Gasteiger partial charge in [-0.3, -0.25) is 4.79 Å². The second kappa shape index (κ2) is 10.7. The maximum Gasteiger partial charge on any atom is 0.308 e. The lowest BCUT2D eigenvalue weighted by Crippen LogP contribution is -2.33. The Hall–Kier alpha value is -3.70. The van der Waals surface area contributed by atoms with Crippen molar-refractivity contribution in [3.05, 3.63) is 96.4 Å². The zero-order chi connectivity index (χ0) is 25.9. The van der Waals surface area contributed by atoms with Crippen LogP contribution in [0.3, 0.4) is 0 Å². The number of aliphatic hydroxyl groups excluding tert-OH is 1. The fraction of sp³-hybridized carbons (Fsp3) is 0.281. The number of esters is 1. The number of nitrogens with zero attached hydrogens (tertiary/aromatic N) is 1. The van der Waals surface area contributed by atoms with E-state index in [1.54, 1.807) is 0 Å². The van der Waals surface area contributed by atoms with Crippen molar-refractivity contribution >= 4 is 5.97 Å². The van der Waals surface area contributed by atoms with Gasteiger partial charge in [0, 0.05) is 36.2 Å². The van der Waals surface area contributed by atoms with Crippen LogP contribution in [-0.2, 0) is 16.1 Å². The van der Waals surface area contributed by atoms with E-state index in [1.807, 2.05) is 48.5 Å². The van der Waals surface area contributed by atoms with E-state index in [4.69, 9.17) is 4.74 Å². The van der Waals surface area contributed by atoms with Crippen LogP contribution < -0.4 is 0 Å². The minimum absolute atomic E-state index is 0.0500. The van der Waals surface area contributed by atoms with Gasteiger partial charge in [-0.05, 0) is 46.9 Å². The van der Waals surface area contributed by atoms with Crippen LogP contribution in [0.2, 0.25) is 0 Å². The van der Waals surface area contributed by atoms with E-state index in [2.05, 4.69) is 42.7 Å². The molecular weight excluding hydrogens is 465 g/mol. The molecule has 2 atom stereocenters. The quantitative estimate of drug-likeness (QED) is 0.275. The van der Waals surface area contributed by atoms with E-state index >= 15 is 0 Å². The minimum Gasteiger partial charge on any atom is -0.462 e. The van der Waals surface area contributed by atoms with Gasteiger partial charge in [0.05, 0.1) is 18.2 Å². The van der Waals surface area contributed by atoms with Crippen molar-refractivity contribution in [3.8, 4) is 33.5 Å². The zero-order valence-electron chi connectivity index (χ0n) is 21.2. The van der Waals surface area contributed by atoms with Gasteiger partial charge >= 0.3 is 5.97 Å². The average molecular weight is 498 g/mol. The van der Waals surface area contributed by atoms with E-state index in [-0.39, 0.29) is 30.2 Å². The summed E-state index contributed by atoms with van der Waals surface area (Å²) in [7, 11) is 0. The highest BCUT2D eigenvalue weighted by atomic mass is 19.1. The summed E-state index contributed by atoms with van der Waals surface area (Å²) < 4.78 is 21.9. The summed E-state index contributed by atoms with van der Waals surface area (Å²) in [6.07, 6.45) is 0.0480. The predicted octanol–water partition coefficient (Wildman–Crippen LogP) is 7.21. The first-order valence-corrected chi connectivity index (χ1v) is 12.9. The molecule has 5 rings (SSSR count). The van der Waals surface area contributed by atoms with E-state index in [1.165, 1.54) is 17.8 Å². The van der Waals surface area contributed by atoms with E-state index in [0.717, 1.165) is 33.5 Å². The van der Waals surface area contributed by atoms with Crippen molar-refractivity contribution < 1.29 is 19.0 Å². The van der Waals surface area contributed by atoms with Gasteiger partial charge in [-0.2, -0.15) is 0 Å². The Morgan fingerprint density at radius 3 is 2.05 bits per heavy atom. The molecule has 0 amide bonds. The van der Waals surface area contributed by atoms with Gasteiger partial charge in [0.2, 0.25) is 0 Å². The lowest BCUT2D eigenvalue weighted by atomic mass is 9.91. The zero-order valence-corrected chi connectivity index (χ0v) is 21.2. The van der Waals surface area contributed by atoms with Crippen LogP contribution in [0, 0.1) is 5.82 Å². The number of ether oxygens (including phenoxy) is 1. The molecule has 3 aromatic carbocycles. The molecule has 1 fully saturated rings. The number of hydrogen-bond acceptors (Lipinski definition) is 3. The number of halogens is 1. The van der Waals surface area contributed by atoms with Crippen LogP contribution >= 0.6 is 0 Å². The summed E-state index contributed by atoms with van der Waals surface area (Å²) >= 11 is 0. The summed E-state index contributed by atoms with van der Waals surface area (Å²) in [5.41, 5.74) is 7.56. The van der Waals surface area contributed by atoms with Gasteiger partial charge in [0.25, 0.3) is 0 Å². The van der Waals surface area contributed by atoms with Crippen LogP contribution in [0.1, 0.15) is 44.7 Å². The molecule has 5 heteroatoms. The molecule has 0 bridgehead atoms. The monoisotopic (exact) mass is 497 g/mol. The number of rotatable bonds is 7. The standard InChI is InChI=1S/C32H32FNO3/c1-21(2)31-29(22-9-5-3-6-10-22)30(23-11-7-4-8-12-23)32(24-13-15-25(33)16-14-24)34(31)18-17-27-19-26(35)20-28(36)37-27/h3-16,21,26-27,35H,17-20H2,1-2H3/t26-,27-/m1/s1. The average Bonchev–Trinajstić information content (AvgIpc) is 3.24. The van der Waals surface area contributed by atoms with Gasteiger partial charge in [-0.1, -0.05) is 74.5 Å². The molecule has 1 aliphatic heterocycles. The Labute approximate surface area is 217 Å². The summed E-state index contributed by atoms with van der Waals surface area (Å²) in [6, 6.07) is 27.3. The molecule has 4 nitrogen and oxygen atoms in total. The Kier molecular flexibility index (Phi) is 7.24. The maximum absolute atomic E-state index is 14.0. The normalized spacial score (nSPS) is 17.7. The van der Waals surface area contributed by atoms with E-state index < -0.39 is 6.10 Å². The van der Waals surface area contributed by atoms with Crippen LogP contribution in [0.5, 0.6) is 0 Å². The van der Waals surface area contributed by atoms with Crippen LogP contribution in [0.15, 0.2) is 84.9 Å². The number of carbonyl (C=O) groups excluding carboxylic acids is 1. The molecule has 1 aliphatic rings. The highest BCUT2D eigenvalue weighted by Crippen LogP contribution is 2.47. The molecule has 190 valence electrons. The molecule has 1 N–H and O–H groups in total. The summed E-state index contributed by atoms with van der Waals surface area (Å²) in [5.74, 6) is -0.445. The number of carbonyl (C=O) groups is 1. The van der Waals surface area contributed by atoms with Crippen LogP contribution in [-0.4, -0.2) is 27.9 Å². The maximum atomic E-state index is 14.0. The van der Waals surface area contributed by atoms with E-state index in [0.29, 0.717) is 19.4 Å². The molecule has 1 saturated heterocycles. The fourth-order valence-corrected chi connectivity index (χ4v) is 5.47. The SMILES string of the molecule is CC(C)c1c(-c2ccccc2)c(-c2ccccc2)c(-c2ccc(F)cc2)n1CC[C@@H]1C[C@@H](O)CC(=O)O1. The topological polar surface area (TPSA) is 51.5 Å². The molecule has 0 aliphatic carbocycles. The van der Waals surface area contributed by atoms with Crippen molar-refractivity contribution in [2.75, 3.05) is 0 Å². The molecule has 4 aromatic rings. The first kappa shape index (κ1) is 25.0. The van der Waals surface area contributed by atoms with Crippen LogP contribution in [0.25, 0.3) is 33.5 Å². The molecule has 0 spiro atoms. The van der Waals surface area contributed by atoms with Crippen molar-refractivity contribution in [3.63, 3.8) is 0 Å². The second-order valence-electron chi connectivity index (χ2n) is 10.0. The lowest BCUT2D eigenvalue weighted by molar-refractivity contribution is -0.160. The second-order valence-corrected chi connectivity index (χ2v) is 10.0. The molecule has 1 aromatic heterocycles. The number of benzene rings is 3. The van der Waals surface area contributed by atoms with Gasteiger partial charge in [-0.15, -0.1) is 0 Å². The summed E-state index contributed by atoms with van der Waals surface area (Å²) in [4.78, 5) is 12.0. The lowest BCUT2D eigenvalue weighted by Gasteiger charge is -2.27. The molecule has 0 radical (unpaired) electrons. The van der Waals surface area contributed by atoms with Crippen molar-refractivity contribution in [2.24, 2.45) is 0 Å². The fourth-order valence-electron chi connectivity index (χ4n) is 5.47. The van der Waals surface area contributed by atoms with Crippen LogP contribution in [0.4, 0.5) is 4.39 Å². The van der Waals surface area contributed by atoms with Gasteiger partial charge < -0.3 is 14.4 Å². The highest BCUT2D eigenvalue weighted by Gasteiger charge is 2.30. The van der Waals surface area contributed by atoms with Gasteiger partial charge in [-0.25, -0.2) is 4.39 Å². The minimum atomic E-state index is -0.670. The van der Waals surface area contributed by atoms with Crippen molar-refractivity contribution in [1.82, 2.24) is 4.57 Å². The third kappa shape index (κ3) is 5.23. The number of hydrogen-bond donors (Lipinski definition) is 1. The Balaban J connectivity index is 1.75. The highest BCUT2D eigenvalue weighted by molar-refractivity contribution is 5.96. The van der Waals surface area contributed by atoms with Crippen molar-refractivity contribution in [2.45, 2.75) is 57.8 Å².